The van der Waals surface area contributed by atoms with E-state index >= 15 is 0 Å². The van der Waals surface area contributed by atoms with Gasteiger partial charge in [-0.05, 0) is 25.2 Å². The molecule has 1 N–H and O–H groups in total. The summed E-state index contributed by atoms with van der Waals surface area (Å²) in [6.45, 7) is 7.27. The van der Waals surface area contributed by atoms with Crippen molar-refractivity contribution in [3.63, 3.8) is 0 Å². The largest absolute Gasteiger partial charge is 0.389 e. The van der Waals surface area contributed by atoms with Crippen molar-refractivity contribution in [2.24, 2.45) is 5.92 Å². The standard InChI is InChI=1S/C13H26O2/c1-4-6-11(3)13(14)8-9-15-12(10-13)7-5-2/h11-12,14H,4-10H2,1-3H3. The van der Waals surface area contributed by atoms with Crippen LogP contribution in [0.3, 0.4) is 0 Å². The summed E-state index contributed by atoms with van der Waals surface area (Å²) in [5.41, 5.74) is -0.464. The van der Waals surface area contributed by atoms with Crippen LogP contribution in [-0.2, 0) is 4.74 Å². The van der Waals surface area contributed by atoms with Gasteiger partial charge in [0.25, 0.3) is 0 Å². The van der Waals surface area contributed by atoms with Gasteiger partial charge in [0, 0.05) is 13.0 Å². The van der Waals surface area contributed by atoms with Crippen molar-refractivity contribution in [3.8, 4) is 0 Å². The highest BCUT2D eigenvalue weighted by Crippen LogP contribution is 2.35. The van der Waals surface area contributed by atoms with E-state index in [1.54, 1.807) is 0 Å². The fourth-order valence-electron chi connectivity index (χ4n) is 2.61. The Bertz CT molecular complexity index is 179. The lowest BCUT2D eigenvalue weighted by molar-refractivity contribution is -0.131. The zero-order chi connectivity index (χ0) is 11.3. The molecule has 0 aliphatic carbocycles. The molecule has 0 aromatic rings. The van der Waals surface area contributed by atoms with E-state index in [9.17, 15) is 5.11 Å². The Hall–Kier alpha value is -0.0800. The quantitative estimate of drug-likeness (QED) is 0.762. The van der Waals surface area contributed by atoms with Crippen molar-refractivity contribution >= 4 is 0 Å². The van der Waals surface area contributed by atoms with Gasteiger partial charge in [0.05, 0.1) is 11.7 Å². The van der Waals surface area contributed by atoms with Crippen LogP contribution < -0.4 is 0 Å². The minimum absolute atomic E-state index is 0.285. The Morgan fingerprint density at radius 1 is 1.40 bits per heavy atom. The number of ether oxygens (including phenoxy) is 1. The molecule has 3 atom stereocenters. The van der Waals surface area contributed by atoms with Gasteiger partial charge in [-0.15, -0.1) is 0 Å². The van der Waals surface area contributed by atoms with Gasteiger partial charge in [0.2, 0.25) is 0 Å². The fourth-order valence-corrected chi connectivity index (χ4v) is 2.61. The summed E-state index contributed by atoms with van der Waals surface area (Å²) in [6, 6.07) is 0. The summed E-state index contributed by atoms with van der Waals surface area (Å²) in [5.74, 6) is 0.408. The molecule has 3 unspecified atom stereocenters. The van der Waals surface area contributed by atoms with Gasteiger partial charge in [0.15, 0.2) is 0 Å². The Labute approximate surface area is 94.0 Å². The monoisotopic (exact) mass is 214 g/mol. The van der Waals surface area contributed by atoms with Crippen molar-refractivity contribution in [2.45, 2.75) is 71.0 Å². The topological polar surface area (TPSA) is 29.5 Å². The highest BCUT2D eigenvalue weighted by Gasteiger charge is 2.38. The van der Waals surface area contributed by atoms with E-state index in [-0.39, 0.29) is 6.10 Å². The maximum Gasteiger partial charge on any atom is 0.0719 e. The molecule has 0 radical (unpaired) electrons. The normalized spacial score (nSPS) is 34.0. The van der Waals surface area contributed by atoms with E-state index in [0.29, 0.717) is 5.92 Å². The smallest absolute Gasteiger partial charge is 0.0719 e. The summed E-state index contributed by atoms with van der Waals surface area (Å²) in [6.07, 6.45) is 6.44. The summed E-state index contributed by atoms with van der Waals surface area (Å²) in [7, 11) is 0. The average molecular weight is 214 g/mol. The van der Waals surface area contributed by atoms with E-state index in [1.165, 1.54) is 0 Å². The molecule has 1 aliphatic heterocycles. The molecule has 2 heteroatoms. The third-order valence-corrected chi connectivity index (χ3v) is 3.72. The number of hydrogen-bond acceptors (Lipinski definition) is 2. The molecule has 0 saturated carbocycles. The van der Waals surface area contributed by atoms with Crippen LogP contribution in [0.15, 0.2) is 0 Å². The van der Waals surface area contributed by atoms with Crippen LogP contribution in [0.5, 0.6) is 0 Å². The van der Waals surface area contributed by atoms with Crippen LogP contribution in [0.4, 0.5) is 0 Å². The molecule has 0 aromatic carbocycles. The predicted octanol–water partition coefficient (Wildman–Crippen LogP) is 3.13. The first kappa shape index (κ1) is 13.0. The second-order valence-corrected chi connectivity index (χ2v) is 5.03. The zero-order valence-electron chi connectivity index (χ0n) is 10.5. The molecule has 90 valence electrons. The van der Waals surface area contributed by atoms with Crippen molar-refractivity contribution in [1.82, 2.24) is 0 Å². The molecule has 1 aliphatic rings. The molecular formula is C13H26O2. The molecule has 1 saturated heterocycles. The van der Waals surface area contributed by atoms with Crippen molar-refractivity contribution in [3.05, 3.63) is 0 Å². The third kappa shape index (κ3) is 3.46. The summed E-state index contributed by atoms with van der Waals surface area (Å²) >= 11 is 0. The molecule has 0 bridgehead atoms. The Balaban J connectivity index is 2.51. The molecule has 2 nitrogen and oxygen atoms in total. The van der Waals surface area contributed by atoms with E-state index in [4.69, 9.17) is 4.74 Å². The summed E-state index contributed by atoms with van der Waals surface area (Å²) in [5, 5.41) is 10.6. The lowest BCUT2D eigenvalue weighted by Crippen LogP contribution is -2.45. The summed E-state index contributed by atoms with van der Waals surface area (Å²) in [4.78, 5) is 0. The zero-order valence-corrected chi connectivity index (χ0v) is 10.5. The first-order chi connectivity index (χ1) is 7.12. The van der Waals surface area contributed by atoms with Crippen molar-refractivity contribution < 1.29 is 9.84 Å². The van der Waals surface area contributed by atoms with Crippen LogP contribution in [0.2, 0.25) is 0 Å². The van der Waals surface area contributed by atoms with Crippen LogP contribution >= 0.6 is 0 Å². The molecule has 1 rings (SSSR count). The Morgan fingerprint density at radius 3 is 2.73 bits per heavy atom. The predicted molar refractivity (Wildman–Crippen MR) is 62.9 cm³/mol. The van der Waals surface area contributed by atoms with Gasteiger partial charge in [-0.2, -0.15) is 0 Å². The van der Waals surface area contributed by atoms with Gasteiger partial charge in [-0.25, -0.2) is 0 Å². The minimum Gasteiger partial charge on any atom is -0.389 e. The van der Waals surface area contributed by atoms with E-state index in [1.807, 2.05) is 0 Å². The molecule has 1 heterocycles. The lowest BCUT2D eigenvalue weighted by Gasteiger charge is -2.41. The molecular weight excluding hydrogens is 188 g/mol. The average Bonchev–Trinajstić information content (AvgIpc) is 2.19. The van der Waals surface area contributed by atoms with Gasteiger partial charge in [0.1, 0.15) is 0 Å². The first-order valence-corrected chi connectivity index (χ1v) is 6.46. The van der Waals surface area contributed by atoms with Crippen LogP contribution in [-0.4, -0.2) is 23.4 Å². The SMILES string of the molecule is CCCC1CC(O)(C(C)CCC)CCO1. The van der Waals surface area contributed by atoms with Crippen LogP contribution in [0, 0.1) is 5.92 Å². The summed E-state index contributed by atoms with van der Waals surface area (Å²) < 4.78 is 5.68. The molecule has 1 fully saturated rings. The molecule has 0 spiro atoms. The van der Waals surface area contributed by atoms with Gasteiger partial charge in [-0.3, -0.25) is 0 Å². The fraction of sp³-hybridized carbons (Fsp3) is 1.00. The number of aliphatic hydroxyl groups is 1. The van der Waals surface area contributed by atoms with E-state index < -0.39 is 5.60 Å². The molecule has 0 aromatic heterocycles. The second-order valence-electron chi connectivity index (χ2n) is 5.03. The Morgan fingerprint density at radius 2 is 2.13 bits per heavy atom. The molecule has 15 heavy (non-hydrogen) atoms. The Kier molecular flexibility index (Phi) is 5.07. The first-order valence-electron chi connectivity index (χ1n) is 6.46. The number of rotatable bonds is 5. The highest BCUT2D eigenvalue weighted by molar-refractivity contribution is 4.89. The van der Waals surface area contributed by atoms with Crippen molar-refractivity contribution in [2.75, 3.05) is 6.61 Å². The van der Waals surface area contributed by atoms with Gasteiger partial charge >= 0.3 is 0 Å². The van der Waals surface area contributed by atoms with E-state index in [2.05, 4.69) is 20.8 Å². The van der Waals surface area contributed by atoms with Crippen LogP contribution in [0.25, 0.3) is 0 Å². The van der Waals surface area contributed by atoms with Crippen molar-refractivity contribution in [1.29, 1.82) is 0 Å². The maximum absolute atomic E-state index is 10.6. The maximum atomic E-state index is 10.6. The van der Waals surface area contributed by atoms with Gasteiger partial charge in [-0.1, -0.05) is 33.6 Å². The van der Waals surface area contributed by atoms with Gasteiger partial charge < -0.3 is 9.84 Å². The molecule has 0 amide bonds. The third-order valence-electron chi connectivity index (χ3n) is 3.72. The minimum atomic E-state index is -0.464. The second kappa shape index (κ2) is 5.86. The highest BCUT2D eigenvalue weighted by atomic mass is 16.5. The number of hydrogen-bond donors (Lipinski definition) is 1. The van der Waals surface area contributed by atoms with Crippen LogP contribution in [0.1, 0.15) is 59.3 Å². The lowest BCUT2D eigenvalue weighted by atomic mass is 9.77. The van der Waals surface area contributed by atoms with E-state index in [0.717, 1.165) is 45.1 Å².